The van der Waals surface area contributed by atoms with Crippen molar-refractivity contribution in [3.05, 3.63) is 0 Å². The Kier molecular flexibility index (Phi) is 7.21. The van der Waals surface area contributed by atoms with Gasteiger partial charge in [0.2, 0.25) is 0 Å². The highest BCUT2D eigenvalue weighted by atomic mass is 15.2. The van der Waals surface area contributed by atoms with Gasteiger partial charge in [0.05, 0.1) is 0 Å². The van der Waals surface area contributed by atoms with Crippen molar-refractivity contribution in [2.24, 2.45) is 16.8 Å². The van der Waals surface area contributed by atoms with Gasteiger partial charge in [-0.25, -0.2) is 0 Å². The third-order valence-corrected chi connectivity index (χ3v) is 3.88. The van der Waals surface area contributed by atoms with Gasteiger partial charge < -0.3 is 15.5 Å². The molecule has 19 heavy (non-hydrogen) atoms. The summed E-state index contributed by atoms with van der Waals surface area (Å²) >= 11 is 0. The molecule has 0 aromatic heterocycles. The van der Waals surface area contributed by atoms with Crippen LogP contribution in [-0.4, -0.2) is 50.1 Å². The summed E-state index contributed by atoms with van der Waals surface area (Å²) in [4.78, 5) is 6.84. The number of hydrogen-bond acceptors (Lipinski definition) is 2. The Morgan fingerprint density at radius 2 is 1.95 bits per heavy atom. The van der Waals surface area contributed by atoms with Crippen LogP contribution < -0.4 is 10.6 Å². The van der Waals surface area contributed by atoms with Crippen molar-refractivity contribution in [1.29, 1.82) is 0 Å². The number of guanidine groups is 1. The fourth-order valence-corrected chi connectivity index (χ4v) is 2.84. The molecule has 1 fully saturated rings. The van der Waals surface area contributed by atoms with Gasteiger partial charge in [0.25, 0.3) is 0 Å². The van der Waals surface area contributed by atoms with E-state index in [1.165, 1.54) is 19.5 Å². The summed E-state index contributed by atoms with van der Waals surface area (Å²) in [6.07, 6.45) is 2.49. The second-order valence-electron chi connectivity index (χ2n) is 6.16. The van der Waals surface area contributed by atoms with Gasteiger partial charge in [0.1, 0.15) is 0 Å². The molecule has 0 aromatic carbocycles. The van der Waals surface area contributed by atoms with Crippen LogP contribution in [-0.2, 0) is 0 Å². The van der Waals surface area contributed by atoms with E-state index < -0.39 is 0 Å². The number of likely N-dealkylation sites (tertiary alicyclic amines) is 1. The van der Waals surface area contributed by atoms with Crippen LogP contribution in [0.2, 0.25) is 0 Å². The first-order chi connectivity index (χ1) is 9.05. The molecule has 1 heterocycles. The Labute approximate surface area is 119 Å². The fourth-order valence-electron chi connectivity index (χ4n) is 2.84. The zero-order valence-electron chi connectivity index (χ0n) is 13.4. The van der Waals surface area contributed by atoms with Gasteiger partial charge in [-0.15, -0.1) is 0 Å². The number of nitrogens with one attached hydrogen (secondary N) is 2. The molecule has 0 aromatic rings. The van der Waals surface area contributed by atoms with Gasteiger partial charge in [-0.05, 0) is 31.6 Å². The zero-order valence-corrected chi connectivity index (χ0v) is 13.4. The molecule has 0 aliphatic carbocycles. The summed E-state index contributed by atoms with van der Waals surface area (Å²) in [5, 5.41) is 6.80. The van der Waals surface area contributed by atoms with Gasteiger partial charge in [0.15, 0.2) is 5.96 Å². The summed E-state index contributed by atoms with van der Waals surface area (Å²) in [6, 6.07) is 0.473. The number of aliphatic imine (C=N–C) groups is 1. The lowest BCUT2D eigenvalue weighted by molar-refractivity contribution is 0.143. The third kappa shape index (κ3) is 6.28. The van der Waals surface area contributed by atoms with Crippen molar-refractivity contribution in [2.75, 3.05) is 33.2 Å². The van der Waals surface area contributed by atoms with E-state index in [1.807, 2.05) is 7.05 Å². The third-order valence-electron chi connectivity index (χ3n) is 3.88. The Balaban J connectivity index is 2.25. The van der Waals surface area contributed by atoms with E-state index in [0.717, 1.165) is 37.3 Å². The molecule has 3 unspecified atom stereocenters. The van der Waals surface area contributed by atoms with Gasteiger partial charge >= 0.3 is 0 Å². The van der Waals surface area contributed by atoms with Crippen LogP contribution in [0.1, 0.15) is 40.5 Å². The highest BCUT2D eigenvalue weighted by Gasteiger charge is 2.21. The first-order valence-electron chi connectivity index (χ1n) is 7.74. The molecule has 0 amide bonds. The minimum absolute atomic E-state index is 0.473. The van der Waals surface area contributed by atoms with Crippen molar-refractivity contribution < 1.29 is 0 Å². The van der Waals surface area contributed by atoms with Gasteiger partial charge in [-0.3, -0.25) is 4.99 Å². The lowest BCUT2D eigenvalue weighted by atomic mass is 9.92. The molecule has 0 bridgehead atoms. The number of nitrogens with zero attached hydrogens (tertiary/aromatic N) is 2. The summed E-state index contributed by atoms with van der Waals surface area (Å²) in [6.45, 7) is 13.6. The van der Waals surface area contributed by atoms with Crippen molar-refractivity contribution in [2.45, 2.75) is 46.6 Å². The van der Waals surface area contributed by atoms with Crippen molar-refractivity contribution >= 4 is 5.96 Å². The van der Waals surface area contributed by atoms with Crippen LogP contribution in [0.25, 0.3) is 0 Å². The highest BCUT2D eigenvalue weighted by Crippen LogP contribution is 2.20. The molecule has 3 atom stereocenters. The van der Waals surface area contributed by atoms with Crippen LogP contribution in [0.5, 0.6) is 0 Å². The number of rotatable bonds is 5. The molecule has 2 N–H and O–H groups in total. The number of hydrogen-bond donors (Lipinski definition) is 2. The summed E-state index contributed by atoms with van der Waals surface area (Å²) in [5.41, 5.74) is 0. The molecule has 4 heteroatoms. The van der Waals surface area contributed by atoms with Crippen molar-refractivity contribution in [1.82, 2.24) is 15.5 Å². The lowest BCUT2D eigenvalue weighted by Gasteiger charge is -2.35. The first kappa shape index (κ1) is 16.3. The quantitative estimate of drug-likeness (QED) is 0.591. The zero-order chi connectivity index (χ0) is 14.3. The highest BCUT2D eigenvalue weighted by molar-refractivity contribution is 5.79. The van der Waals surface area contributed by atoms with Gasteiger partial charge in [-0.2, -0.15) is 0 Å². The van der Waals surface area contributed by atoms with Crippen LogP contribution in [0.3, 0.4) is 0 Å². The molecule has 1 saturated heterocycles. The summed E-state index contributed by atoms with van der Waals surface area (Å²) in [7, 11) is 1.84. The predicted octanol–water partition coefficient (Wildman–Crippen LogP) is 1.93. The Bertz CT molecular complexity index is 267. The van der Waals surface area contributed by atoms with E-state index in [1.54, 1.807) is 0 Å². The van der Waals surface area contributed by atoms with E-state index in [0.29, 0.717) is 6.04 Å². The Morgan fingerprint density at radius 1 is 1.32 bits per heavy atom. The molecule has 4 nitrogen and oxygen atoms in total. The van der Waals surface area contributed by atoms with Crippen LogP contribution in [0.15, 0.2) is 4.99 Å². The van der Waals surface area contributed by atoms with Gasteiger partial charge in [0, 0.05) is 39.3 Å². The maximum absolute atomic E-state index is 4.26. The van der Waals surface area contributed by atoms with Crippen molar-refractivity contribution in [3.63, 3.8) is 0 Å². The van der Waals surface area contributed by atoms with E-state index in [-0.39, 0.29) is 0 Å². The van der Waals surface area contributed by atoms with Gasteiger partial charge in [-0.1, -0.05) is 20.8 Å². The average Bonchev–Trinajstić information content (AvgIpc) is 2.36. The molecule has 0 saturated carbocycles. The summed E-state index contributed by atoms with van der Waals surface area (Å²) in [5.74, 6) is 2.59. The van der Waals surface area contributed by atoms with Crippen LogP contribution >= 0.6 is 0 Å². The van der Waals surface area contributed by atoms with E-state index in [2.05, 4.69) is 48.2 Å². The van der Waals surface area contributed by atoms with E-state index in [4.69, 9.17) is 0 Å². The van der Waals surface area contributed by atoms with Crippen LogP contribution in [0, 0.1) is 11.8 Å². The topological polar surface area (TPSA) is 39.7 Å². The fraction of sp³-hybridized carbons (Fsp3) is 0.933. The second-order valence-corrected chi connectivity index (χ2v) is 6.16. The Morgan fingerprint density at radius 3 is 2.47 bits per heavy atom. The molecule has 1 aliphatic heterocycles. The maximum Gasteiger partial charge on any atom is 0.191 e. The lowest BCUT2D eigenvalue weighted by Crippen LogP contribution is -2.46. The molecule has 0 spiro atoms. The molecule has 1 aliphatic rings. The minimum atomic E-state index is 0.473. The minimum Gasteiger partial charge on any atom is -0.355 e. The smallest absolute Gasteiger partial charge is 0.191 e. The number of piperidine rings is 1. The maximum atomic E-state index is 4.26. The van der Waals surface area contributed by atoms with E-state index in [9.17, 15) is 0 Å². The molecular formula is C15H32N4. The standard InChI is InChI=1S/C15H32N4/c1-6-14(4)18-15(16-5)17-7-8-19-10-12(2)9-13(3)11-19/h12-14H,6-11H2,1-5H3,(H2,16,17,18). The molecule has 112 valence electrons. The Hall–Kier alpha value is -0.770. The second kappa shape index (κ2) is 8.41. The molecule has 0 radical (unpaired) electrons. The van der Waals surface area contributed by atoms with Crippen LogP contribution in [0.4, 0.5) is 0 Å². The molecular weight excluding hydrogens is 236 g/mol. The molecule has 1 rings (SSSR count). The predicted molar refractivity (Wildman–Crippen MR) is 83.6 cm³/mol. The van der Waals surface area contributed by atoms with Crippen molar-refractivity contribution in [3.8, 4) is 0 Å². The SMILES string of the molecule is CCC(C)NC(=NC)NCCN1CC(C)CC(C)C1. The monoisotopic (exact) mass is 268 g/mol. The largest absolute Gasteiger partial charge is 0.355 e. The van der Waals surface area contributed by atoms with E-state index >= 15 is 0 Å². The first-order valence-corrected chi connectivity index (χ1v) is 7.74. The average molecular weight is 268 g/mol. The normalized spacial score (nSPS) is 27.1. The summed E-state index contributed by atoms with van der Waals surface area (Å²) < 4.78 is 0.